The highest BCUT2D eigenvalue weighted by Gasteiger charge is 2.15. The van der Waals surface area contributed by atoms with E-state index >= 15 is 0 Å². The molecule has 0 radical (unpaired) electrons. The number of pyridine rings is 1. The third-order valence-electron chi connectivity index (χ3n) is 4.97. The van der Waals surface area contributed by atoms with Crippen molar-refractivity contribution < 1.29 is 9.47 Å². The van der Waals surface area contributed by atoms with Crippen molar-refractivity contribution in [2.45, 2.75) is 6.54 Å². The molecule has 0 spiro atoms. The van der Waals surface area contributed by atoms with Crippen LogP contribution >= 0.6 is 0 Å². The Kier molecular flexibility index (Phi) is 7.13. The number of rotatable bonds is 6. The normalized spacial score (nSPS) is 15.2. The average Bonchev–Trinajstić information content (AvgIpc) is 2.77. The summed E-state index contributed by atoms with van der Waals surface area (Å²) in [6, 6.07) is 9.85. The Morgan fingerprint density at radius 3 is 2.45 bits per heavy atom. The van der Waals surface area contributed by atoms with Gasteiger partial charge in [-0.1, -0.05) is 6.07 Å². The highest BCUT2D eigenvalue weighted by molar-refractivity contribution is 5.93. The van der Waals surface area contributed by atoms with E-state index in [4.69, 9.17) is 9.47 Å². The minimum atomic E-state index is 0.628. The van der Waals surface area contributed by atoms with Gasteiger partial charge in [-0.25, -0.2) is 4.98 Å². The molecule has 1 aromatic carbocycles. The number of methoxy groups -OCH3 is 2. The van der Waals surface area contributed by atoms with Gasteiger partial charge in [0.15, 0.2) is 17.5 Å². The lowest BCUT2D eigenvalue weighted by Gasteiger charge is -2.33. The van der Waals surface area contributed by atoms with Crippen LogP contribution in [0.4, 0.5) is 11.5 Å². The van der Waals surface area contributed by atoms with Crippen LogP contribution < -0.4 is 25.0 Å². The minimum absolute atomic E-state index is 0.628. The zero-order chi connectivity index (χ0) is 20.6. The number of aliphatic imine (C=N–C) groups is 1. The number of hydrogen-bond acceptors (Lipinski definition) is 6. The topological polar surface area (TPSA) is 74.3 Å². The molecule has 0 bridgehead atoms. The van der Waals surface area contributed by atoms with Gasteiger partial charge in [0.05, 0.1) is 14.2 Å². The molecular formula is C21H30N6O2. The van der Waals surface area contributed by atoms with Crippen LogP contribution in [0, 0.1) is 0 Å². The number of guanidine groups is 1. The first-order chi connectivity index (χ1) is 14.1. The van der Waals surface area contributed by atoms with Gasteiger partial charge in [-0.15, -0.1) is 0 Å². The summed E-state index contributed by atoms with van der Waals surface area (Å²) in [6.07, 6.45) is 1.92. The number of piperazine rings is 1. The summed E-state index contributed by atoms with van der Waals surface area (Å²) in [6.45, 7) is 4.81. The summed E-state index contributed by atoms with van der Waals surface area (Å²) in [5, 5.41) is 6.57. The molecule has 3 rings (SSSR count). The van der Waals surface area contributed by atoms with Crippen molar-refractivity contribution in [1.82, 2.24) is 15.2 Å². The molecule has 1 aromatic heterocycles. The maximum atomic E-state index is 5.35. The summed E-state index contributed by atoms with van der Waals surface area (Å²) in [7, 11) is 7.13. The van der Waals surface area contributed by atoms with Crippen LogP contribution in [0.1, 0.15) is 5.56 Å². The van der Waals surface area contributed by atoms with Crippen LogP contribution in [-0.4, -0.2) is 70.3 Å². The Bertz CT molecular complexity index is 816. The number of likely N-dealkylation sites (N-methyl/N-ethyl adjacent to an activating group) is 1. The largest absolute Gasteiger partial charge is 0.493 e. The molecule has 8 nitrogen and oxygen atoms in total. The van der Waals surface area contributed by atoms with E-state index in [9.17, 15) is 0 Å². The molecule has 29 heavy (non-hydrogen) atoms. The molecule has 1 fully saturated rings. The molecule has 156 valence electrons. The number of benzene rings is 1. The van der Waals surface area contributed by atoms with E-state index in [1.165, 1.54) is 0 Å². The van der Waals surface area contributed by atoms with Gasteiger partial charge in [0.1, 0.15) is 5.82 Å². The van der Waals surface area contributed by atoms with Crippen LogP contribution in [-0.2, 0) is 6.54 Å². The second kappa shape index (κ2) is 9.97. The smallest absolute Gasteiger partial charge is 0.195 e. The van der Waals surface area contributed by atoms with Crippen molar-refractivity contribution in [3.05, 3.63) is 42.1 Å². The zero-order valence-electron chi connectivity index (χ0n) is 17.6. The third-order valence-corrected chi connectivity index (χ3v) is 4.97. The Labute approximate surface area is 172 Å². The molecule has 2 heterocycles. The molecule has 2 aromatic rings. The van der Waals surface area contributed by atoms with Gasteiger partial charge in [-0.2, -0.15) is 0 Å². The number of nitrogens with one attached hydrogen (secondary N) is 2. The molecule has 0 saturated carbocycles. The lowest BCUT2D eigenvalue weighted by atomic mass is 10.2. The van der Waals surface area contributed by atoms with Crippen molar-refractivity contribution in [3.8, 4) is 11.5 Å². The fraction of sp³-hybridized carbons (Fsp3) is 0.429. The Morgan fingerprint density at radius 2 is 1.83 bits per heavy atom. The van der Waals surface area contributed by atoms with Gasteiger partial charge >= 0.3 is 0 Å². The molecule has 0 unspecified atom stereocenters. The first-order valence-corrected chi connectivity index (χ1v) is 9.71. The van der Waals surface area contributed by atoms with Crippen LogP contribution in [0.25, 0.3) is 0 Å². The maximum Gasteiger partial charge on any atom is 0.195 e. The van der Waals surface area contributed by atoms with E-state index in [1.54, 1.807) is 21.3 Å². The molecule has 1 aliphatic rings. The molecule has 1 saturated heterocycles. The fourth-order valence-corrected chi connectivity index (χ4v) is 3.16. The third kappa shape index (κ3) is 5.51. The number of anilines is 2. The quantitative estimate of drug-likeness (QED) is 0.570. The van der Waals surface area contributed by atoms with Gasteiger partial charge < -0.3 is 29.9 Å². The van der Waals surface area contributed by atoms with Crippen molar-refractivity contribution in [2.75, 3.05) is 64.7 Å². The minimum Gasteiger partial charge on any atom is -0.493 e. The van der Waals surface area contributed by atoms with Gasteiger partial charge in [0, 0.05) is 57.7 Å². The van der Waals surface area contributed by atoms with Gasteiger partial charge in [-0.3, -0.25) is 4.99 Å². The molecule has 8 heteroatoms. The van der Waals surface area contributed by atoms with E-state index in [-0.39, 0.29) is 0 Å². The maximum absolute atomic E-state index is 5.35. The highest BCUT2D eigenvalue weighted by Crippen LogP contribution is 2.29. The Hall–Kier alpha value is -3.00. The van der Waals surface area contributed by atoms with E-state index < -0.39 is 0 Å². The molecule has 0 atom stereocenters. The SMILES string of the molecule is CN=C(NCc1ccc(N2CCN(C)CC2)nc1)Nc1ccc(OC)c(OC)c1. The monoisotopic (exact) mass is 398 g/mol. The van der Waals surface area contributed by atoms with Crippen LogP contribution in [0.2, 0.25) is 0 Å². The summed E-state index contributed by atoms with van der Waals surface area (Å²) in [4.78, 5) is 13.6. The van der Waals surface area contributed by atoms with Crippen molar-refractivity contribution in [3.63, 3.8) is 0 Å². The summed E-state index contributed by atoms with van der Waals surface area (Å²) >= 11 is 0. The van der Waals surface area contributed by atoms with Crippen LogP contribution in [0.15, 0.2) is 41.5 Å². The summed E-state index contributed by atoms with van der Waals surface area (Å²) in [5.41, 5.74) is 1.96. The van der Waals surface area contributed by atoms with Crippen molar-refractivity contribution in [2.24, 2.45) is 4.99 Å². The molecule has 1 aliphatic heterocycles. The van der Waals surface area contributed by atoms with Gasteiger partial charge in [0.2, 0.25) is 0 Å². The van der Waals surface area contributed by atoms with Crippen molar-refractivity contribution >= 4 is 17.5 Å². The van der Waals surface area contributed by atoms with E-state index in [1.807, 2.05) is 24.4 Å². The lowest BCUT2D eigenvalue weighted by molar-refractivity contribution is 0.312. The molecule has 0 aliphatic carbocycles. The number of nitrogens with zero attached hydrogens (tertiary/aromatic N) is 4. The molecule has 2 N–H and O–H groups in total. The van der Waals surface area contributed by atoms with Crippen LogP contribution in [0.5, 0.6) is 11.5 Å². The first-order valence-electron chi connectivity index (χ1n) is 9.71. The van der Waals surface area contributed by atoms with E-state index in [0.29, 0.717) is 24.0 Å². The van der Waals surface area contributed by atoms with Gasteiger partial charge in [-0.05, 0) is 30.8 Å². The zero-order valence-corrected chi connectivity index (χ0v) is 17.6. The second-order valence-corrected chi connectivity index (χ2v) is 6.94. The van der Waals surface area contributed by atoms with E-state index in [0.717, 1.165) is 43.2 Å². The van der Waals surface area contributed by atoms with Crippen molar-refractivity contribution in [1.29, 1.82) is 0 Å². The number of hydrogen-bond donors (Lipinski definition) is 2. The van der Waals surface area contributed by atoms with E-state index in [2.05, 4.69) is 49.6 Å². The Morgan fingerprint density at radius 1 is 1.07 bits per heavy atom. The fourth-order valence-electron chi connectivity index (χ4n) is 3.16. The number of aromatic nitrogens is 1. The predicted molar refractivity (Wildman–Crippen MR) is 117 cm³/mol. The second-order valence-electron chi connectivity index (χ2n) is 6.94. The van der Waals surface area contributed by atoms with Gasteiger partial charge in [0.25, 0.3) is 0 Å². The standard InChI is InChI=1S/C21H30N6O2/c1-22-21(25-17-6-7-18(28-3)19(13-17)29-4)24-15-16-5-8-20(23-14-16)27-11-9-26(2)10-12-27/h5-8,13-14H,9-12,15H2,1-4H3,(H2,22,24,25). The molecular weight excluding hydrogens is 368 g/mol. The average molecular weight is 399 g/mol. The van der Waals surface area contributed by atoms with Crippen LogP contribution in [0.3, 0.4) is 0 Å². The summed E-state index contributed by atoms with van der Waals surface area (Å²) in [5.74, 6) is 3.05. The summed E-state index contributed by atoms with van der Waals surface area (Å²) < 4.78 is 10.6. The Balaban J connectivity index is 1.55. The lowest BCUT2D eigenvalue weighted by Crippen LogP contribution is -2.44. The number of ether oxygens (including phenoxy) is 2. The highest BCUT2D eigenvalue weighted by atomic mass is 16.5. The first kappa shape index (κ1) is 20.7. The molecule has 0 amide bonds. The predicted octanol–water partition coefficient (Wildman–Crippen LogP) is 2.04.